The van der Waals surface area contributed by atoms with E-state index in [2.05, 4.69) is 4.98 Å². The van der Waals surface area contributed by atoms with Gasteiger partial charge < -0.3 is 19.1 Å². The van der Waals surface area contributed by atoms with Crippen molar-refractivity contribution in [3.05, 3.63) is 126 Å². The zero-order chi connectivity index (χ0) is 26.4. The Morgan fingerprint density at radius 1 is 0.763 bits per heavy atom. The molecule has 5 rings (SSSR count). The molecular weight excluding hydrogens is 504 g/mol. The van der Waals surface area contributed by atoms with Crippen molar-refractivity contribution in [1.29, 1.82) is 0 Å². The van der Waals surface area contributed by atoms with Crippen molar-refractivity contribution in [2.24, 2.45) is 0 Å². The Morgan fingerprint density at radius 3 is 1.89 bits per heavy atom. The number of imidazole rings is 1. The van der Waals surface area contributed by atoms with Gasteiger partial charge in [-0.15, -0.1) is 0 Å². The summed E-state index contributed by atoms with van der Waals surface area (Å²) in [5, 5.41) is 10.4. The second kappa shape index (κ2) is 12.0. The maximum atomic E-state index is 13.3. The molecule has 0 bridgehead atoms. The lowest BCUT2D eigenvalue weighted by atomic mass is 9.94. The van der Waals surface area contributed by atoms with E-state index in [1.807, 2.05) is 66.7 Å². The minimum absolute atomic E-state index is 0.204. The molecule has 0 saturated heterocycles. The van der Waals surface area contributed by atoms with E-state index in [1.54, 1.807) is 41.4 Å². The van der Waals surface area contributed by atoms with Gasteiger partial charge in [-0.3, -0.25) is 4.18 Å². The number of nitrogens with zero attached hydrogens (tertiary/aromatic N) is 2. The predicted molar refractivity (Wildman–Crippen MR) is 141 cm³/mol. The van der Waals surface area contributed by atoms with Crippen LogP contribution in [0.15, 0.2) is 104 Å². The summed E-state index contributed by atoms with van der Waals surface area (Å²) in [6.45, 7) is 0.132. The van der Waals surface area contributed by atoms with Crippen molar-refractivity contribution < 1.29 is 27.2 Å². The number of aliphatic hydroxyl groups is 1. The Bertz CT molecular complexity index is 1400. The SMILES string of the molecule is O=S(=O)(Cc1ccccc1)O[C@H]1[C@H](OCc2ccccc2)[C@@H](CO)n2cncc2[C@H]1OCc1ccccc1. The number of ether oxygens (including phenoxy) is 2. The van der Waals surface area contributed by atoms with Crippen LogP contribution in [-0.4, -0.2) is 41.9 Å². The maximum Gasteiger partial charge on any atom is 0.271 e. The summed E-state index contributed by atoms with van der Waals surface area (Å²) in [5.74, 6) is -0.301. The maximum absolute atomic E-state index is 13.3. The minimum atomic E-state index is -4.05. The largest absolute Gasteiger partial charge is 0.394 e. The zero-order valence-corrected chi connectivity index (χ0v) is 21.6. The van der Waals surface area contributed by atoms with E-state index in [1.165, 1.54) is 0 Å². The Morgan fingerprint density at radius 2 is 1.32 bits per heavy atom. The van der Waals surface area contributed by atoms with Crippen molar-refractivity contribution in [2.75, 3.05) is 6.61 Å². The third-order valence-corrected chi connectivity index (χ3v) is 7.74. The summed E-state index contributed by atoms with van der Waals surface area (Å²) < 4.78 is 47.0. The third kappa shape index (κ3) is 6.20. The Hall–Kier alpha value is -3.34. The van der Waals surface area contributed by atoms with Gasteiger partial charge in [0.25, 0.3) is 10.1 Å². The monoisotopic (exact) mass is 534 g/mol. The molecule has 0 amide bonds. The average Bonchev–Trinajstić information content (AvgIpc) is 3.42. The number of rotatable bonds is 11. The Labute approximate surface area is 222 Å². The van der Waals surface area contributed by atoms with Gasteiger partial charge in [-0.05, 0) is 16.7 Å². The van der Waals surface area contributed by atoms with Crippen LogP contribution in [0.2, 0.25) is 0 Å². The first kappa shape index (κ1) is 26.3. The Kier molecular flexibility index (Phi) is 8.31. The summed E-state index contributed by atoms with van der Waals surface area (Å²) in [7, 11) is -4.05. The second-order valence-corrected chi connectivity index (χ2v) is 10.8. The van der Waals surface area contributed by atoms with Crippen molar-refractivity contribution in [1.82, 2.24) is 9.55 Å². The lowest BCUT2D eigenvalue weighted by Gasteiger charge is -2.42. The summed E-state index contributed by atoms with van der Waals surface area (Å²) in [6.07, 6.45) is 0.506. The fourth-order valence-corrected chi connectivity index (χ4v) is 5.94. The summed E-state index contributed by atoms with van der Waals surface area (Å²) in [6, 6.07) is 27.4. The van der Waals surface area contributed by atoms with Crippen LogP contribution in [0.1, 0.15) is 34.5 Å². The quantitative estimate of drug-likeness (QED) is 0.288. The van der Waals surface area contributed by atoms with E-state index in [-0.39, 0.29) is 25.6 Å². The van der Waals surface area contributed by atoms with E-state index in [0.717, 1.165) is 11.1 Å². The molecule has 1 aliphatic rings. The normalized spacial score (nSPS) is 21.2. The zero-order valence-electron chi connectivity index (χ0n) is 20.7. The average molecular weight is 535 g/mol. The molecule has 1 aliphatic heterocycles. The van der Waals surface area contributed by atoms with Gasteiger partial charge in [0.15, 0.2) is 0 Å². The first-order valence-corrected chi connectivity index (χ1v) is 14.0. The van der Waals surface area contributed by atoms with Crippen LogP contribution in [-0.2, 0) is 42.7 Å². The summed E-state index contributed by atoms with van der Waals surface area (Å²) >= 11 is 0. The molecule has 198 valence electrons. The van der Waals surface area contributed by atoms with Gasteiger partial charge in [0.05, 0.1) is 44.1 Å². The molecule has 8 nitrogen and oxygen atoms in total. The highest BCUT2D eigenvalue weighted by molar-refractivity contribution is 7.85. The van der Waals surface area contributed by atoms with E-state index < -0.39 is 34.5 Å². The van der Waals surface area contributed by atoms with Crippen LogP contribution in [0.25, 0.3) is 0 Å². The molecular formula is C29H30N2O6S. The first-order valence-electron chi connectivity index (χ1n) is 12.4. The van der Waals surface area contributed by atoms with Crippen LogP contribution in [0, 0.1) is 0 Å². The molecule has 9 heteroatoms. The fourth-order valence-electron chi connectivity index (χ4n) is 4.72. The number of fused-ring (bicyclic) bond motifs is 1. The van der Waals surface area contributed by atoms with E-state index >= 15 is 0 Å². The summed E-state index contributed by atoms with van der Waals surface area (Å²) in [5.41, 5.74) is 3.05. The first-order chi connectivity index (χ1) is 18.5. The summed E-state index contributed by atoms with van der Waals surface area (Å²) in [4.78, 5) is 4.27. The third-order valence-electron chi connectivity index (χ3n) is 6.53. The lowest BCUT2D eigenvalue weighted by Crippen LogP contribution is -2.50. The number of hydrogen-bond acceptors (Lipinski definition) is 7. The molecule has 1 N–H and O–H groups in total. The van der Waals surface area contributed by atoms with E-state index in [9.17, 15) is 13.5 Å². The van der Waals surface area contributed by atoms with Gasteiger partial charge in [-0.1, -0.05) is 91.0 Å². The Balaban J connectivity index is 1.48. The van der Waals surface area contributed by atoms with Crippen molar-refractivity contribution >= 4 is 10.1 Å². The molecule has 4 aromatic rings. The smallest absolute Gasteiger partial charge is 0.271 e. The van der Waals surface area contributed by atoms with Crippen molar-refractivity contribution in [3.63, 3.8) is 0 Å². The van der Waals surface area contributed by atoms with E-state index in [0.29, 0.717) is 11.3 Å². The molecule has 0 spiro atoms. The number of aromatic nitrogens is 2. The number of benzene rings is 3. The van der Waals surface area contributed by atoms with Gasteiger partial charge in [0, 0.05) is 0 Å². The van der Waals surface area contributed by atoms with Crippen molar-refractivity contribution in [3.8, 4) is 0 Å². The van der Waals surface area contributed by atoms with Crippen molar-refractivity contribution in [2.45, 2.75) is 43.3 Å². The number of hydrogen-bond donors (Lipinski definition) is 1. The van der Waals surface area contributed by atoms with Crippen LogP contribution in [0.3, 0.4) is 0 Å². The lowest BCUT2D eigenvalue weighted by molar-refractivity contribution is -0.148. The van der Waals surface area contributed by atoms with Gasteiger partial charge in [-0.2, -0.15) is 8.42 Å². The standard InChI is InChI=1S/C29H30N2O6S/c32-17-26-28(36-19-23-12-6-2-7-13-23)29(37-38(33,34)20-24-14-8-3-9-15-24)27(25-16-30-21-31(25)26)35-18-22-10-4-1-5-11-22/h1-16,21,26-29,32H,17-20H2/t26-,27-,28-,29-/m1/s1. The predicted octanol–water partition coefficient (Wildman–Crippen LogP) is 4.19. The van der Waals surface area contributed by atoms with Gasteiger partial charge in [-0.25, -0.2) is 4.98 Å². The van der Waals surface area contributed by atoms with Crippen LogP contribution < -0.4 is 0 Å². The van der Waals surface area contributed by atoms with Gasteiger partial charge >= 0.3 is 0 Å². The molecule has 4 atom stereocenters. The number of aliphatic hydroxyl groups excluding tert-OH is 1. The molecule has 0 radical (unpaired) electrons. The molecule has 38 heavy (non-hydrogen) atoms. The molecule has 0 saturated carbocycles. The molecule has 0 aliphatic carbocycles. The van der Waals surface area contributed by atoms with Gasteiger partial charge in [0.2, 0.25) is 0 Å². The highest BCUT2D eigenvalue weighted by Crippen LogP contribution is 2.40. The molecule has 0 fully saturated rings. The van der Waals surface area contributed by atoms with E-state index in [4.69, 9.17) is 13.7 Å². The molecule has 3 aromatic carbocycles. The fraction of sp³-hybridized carbons (Fsp3) is 0.276. The highest BCUT2D eigenvalue weighted by atomic mass is 32.2. The van der Waals surface area contributed by atoms with Crippen LogP contribution in [0.4, 0.5) is 0 Å². The second-order valence-electron chi connectivity index (χ2n) is 9.20. The van der Waals surface area contributed by atoms with Crippen LogP contribution in [0.5, 0.6) is 0 Å². The highest BCUT2D eigenvalue weighted by Gasteiger charge is 2.47. The molecule has 0 unspecified atom stereocenters. The van der Waals surface area contributed by atoms with Crippen LogP contribution >= 0.6 is 0 Å². The minimum Gasteiger partial charge on any atom is -0.394 e. The molecule has 2 heterocycles. The topological polar surface area (TPSA) is 99.9 Å². The van der Waals surface area contributed by atoms with Gasteiger partial charge in [0.1, 0.15) is 24.1 Å². The molecule has 1 aromatic heterocycles.